The normalized spacial score (nSPS) is 21.4. The van der Waals surface area contributed by atoms with Crippen LogP contribution in [0.2, 0.25) is 0 Å². The molecule has 0 bridgehead atoms. The van der Waals surface area contributed by atoms with Crippen molar-refractivity contribution in [1.29, 1.82) is 0 Å². The molecule has 2 aliphatic heterocycles. The van der Waals surface area contributed by atoms with Gasteiger partial charge in [-0.25, -0.2) is 9.59 Å². The Balaban J connectivity index is 1.50. The van der Waals surface area contributed by atoms with Crippen molar-refractivity contribution in [3.05, 3.63) is 79.9 Å². The number of amides is 2. The van der Waals surface area contributed by atoms with Crippen LogP contribution in [0.5, 0.6) is 0 Å². The Morgan fingerprint density at radius 1 is 0.936 bits per heavy atom. The Bertz CT molecular complexity index is 1500. The number of alkyl carbamates (subject to hydrolysis) is 1. The average molecular weight is 691 g/mol. The van der Waals surface area contributed by atoms with Gasteiger partial charge in [-0.15, -0.1) is 11.8 Å². The maximum absolute atomic E-state index is 13.8. The highest BCUT2D eigenvalue weighted by atomic mass is 32.2. The van der Waals surface area contributed by atoms with Gasteiger partial charge < -0.3 is 30.3 Å². The number of nitrogens with zero attached hydrogens (tertiary/aromatic N) is 3. The quantitative estimate of drug-likeness (QED) is 0.103. The van der Waals surface area contributed by atoms with Gasteiger partial charge in [-0.2, -0.15) is 12.6 Å². The highest BCUT2D eigenvalue weighted by Crippen LogP contribution is 2.37. The molecule has 3 atom stereocenters. The predicted octanol–water partition coefficient (Wildman–Crippen LogP) is 1.95. The molecule has 2 saturated heterocycles. The number of rotatable bonds is 13. The molecule has 2 heterocycles. The first-order valence-electron chi connectivity index (χ1n) is 14.5. The van der Waals surface area contributed by atoms with Crippen LogP contribution in [0.4, 0.5) is 16.2 Å². The molecule has 4 rings (SSSR count). The molecular weight excluding hydrogens is 656 g/mol. The second-order valence-corrected chi connectivity index (χ2v) is 13.1. The number of non-ortho nitro benzene ring substituents is 2. The van der Waals surface area contributed by atoms with Crippen LogP contribution in [-0.4, -0.2) is 92.6 Å². The Morgan fingerprint density at radius 2 is 1.49 bits per heavy atom. The van der Waals surface area contributed by atoms with E-state index in [0.717, 1.165) is 11.8 Å². The van der Waals surface area contributed by atoms with Gasteiger partial charge in [0.15, 0.2) is 10.7 Å². The summed E-state index contributed by atoms with van der Waals surface area (Å²) in [5, 5.41) is 30.6. The van der Waals surface area contributed by atoms with Crippen LogP contribution < -0.4 is 16.0 Å². The number of hydrogen-bond donors (Lipinski definition) is 4. The van der Waals surface area contributed by atoms with E-state index in [1.807, 2.05) is 0 Å². The highest BCUT2D eigenvalue weighted by Gasteiger charge is 2.52. The van der Waals surface area contributed by atoms with Crippen LogP contribution in [-0.2, 0) is 37.1 Å². The number of thioether (sulfide) groups is 1. The van der Waals surface area contributed by atoms with Crippen LogP contribution in [0, 0.1) is 20.2 Å². The number of nitrogens with one attached hydrogen (secondary N) is 3. The van der Waals surface area contributed by atoms with Crippen molar-refractivity contribution in [2.45, 2.75) is 42.2 Å². The lowest BCUT2D eigenvalue weighted by molar-refractivity contribution is -0.385. The first-order valence-corrected chi connectivity index (χ1v) is 16.0. The first-order chi connectivity index (χ1) is 22.3. The second-order valence-electron chi connectivity index (χ2n) is 11.0. The molecule has 0 saturated carbocycles. The Kier molecular flexibility index (Phi) is 11.8. The fraction of sp³-hybridized carbons (Fsp3) is 0.448. The molecule has 47 heavy (non-hydrogen) atoms. The number of esters is 1. The third-order valence-corrected chi connectivity index (χ3v) is 9.95. The SMILES string of the molecule is CC(=O)C1(SC[C@@H](NC(=O)OCc2ccc([N+](=O)[O-])cc2)C(=O)OCc2ccc([N+](=O)[O-])cc2)CNCCN1C(=O)C1(S)CCNC1. The van der Waals surface area contributed by atoms with Gasteiger partial charge in [-0.3, -0.25) is 29.8 Å². The molecule has 2 aromatic carbocycles. The average Bonchev–Trinajstić information content (AvgIpc) is 3.52. The van der Waals surface area contributed by atoms with Gasteiger partial charge in [-0.05, 0) is 55.3 Å². The lowest BCUT2D eigenvalue weighted by Gasteiger charge is -2.47. The van der Waals surface area contributed by atoms with Crippen molar-refractivity contribution in [3.63, 3.8) is 0 Å². The fourth-order valence-electron chi connectivity index (χ4n) is 5.05. The van der Waals surface area contributed by atoms with Crippen LogP contribution in [0.1, 0.15) is 24.5 Å². The second kappa shape index (κ2) is 15.6. The monoisotopic (exact) mass is 690 g/mol. The molecule has 2 aromatic rings. The number of nitro groups is 2. The van der Waals surface area contributed by atoms with Crippen molar-refractivity contribution in [1.82, 2.24) is 20.9 Å². The highest BCUT2D eigenvalue weighted by molar-refractivity contribution is 8.01. The zero-order valence-electron chi connectivity index (χ0n) is 25.3. The molecule has 0 aromatic heterocycles. The predicted molar refractivity (Wildman–Crippen MR) is 173 cm³/mol. The van der Waals surface area contributed by atoms with Crippen molar-refractivity contribution in [2.24, 2.45) is 0 Å². The Labute approximate surface area is 279 Å². The van der Waals surface area contributed by atoms with Gasteiger partial charge in [0.05, 0.1) is 9.85 Å². The van der Waals surface area contributed by atoms with Crippen LogP contribution in [0.25, 0.3) is 0 Å². The molecule has 2 aliphatic rings. The summed E-state index contributed by atoms with van der Waals surface area (Å²) < 4.78 is 9.67. The summed E-state index contributed by atoms with van der Waals surface area (Å²) in [6, 6.07) is 9.38. The summed E-state index contributed by atoms with van der Waals surface area (Å²) in [7, 11) is 0. The zero-order valence-corrected chi connectivity index (χ0v) is 27.1. The topological polar surface area (TPSA) is 212 Å². The number of carbonyl (C=O) groups is 4. The lowest BCUT2D eigenvalue weighted by Crippen LogP contribution is -2.68. The zero-order chi connectivity index (χ0) is 34.2. The number of ether oxygens (including phenoxy) is 2. The van der Waals surface area contributed by atoms with Crippen molar-refractivity contribution in [3.8, 4) is 0 Å². The van der Waals surface area contributed by atoms with Gasteiger partial charge >= 0.3 is 12.1 Å². The van der Waals surface area contributed by atoms with E-state index in [4.69, 9.17) is 9.47 Å². The van der Waals surface area contributed by atoms with Crippen LogP contribution in [0.15, 0.2) is 48.5 Å². The number of Topliss-reactive ketones (excluding diaryl/α,β-unsaturated/α-hetero) is 1. The van der Waals surface area contributed by atoms with Gasteiger partial charge in [0, 0.05) is 56.2 Å². The minimum Gasteiger partial charge on any atom is -0.459 e. The number of ketones is 1. The van der Waals surface area contributed by atoms with E-state index >= 15 is 0 Å². The molecule has 2 fully saturated rings. The van der Waals surface area contributed by atoms with E-state index in [-0.39, 0.29) is 55.1 Å². The summed E-state index contributed by atoms with van der Waals surface area (Å²) in [4.78, 5) is 74.0. The molecule has 252 valence electrons. The molecule has 2 unspecified atom stereocenters. The number of piperazine rings is 1. The molecular formula is C29H34N6O10S2. The third kappa shape index (κ3) is 8.76. The minimum atomic E-state index is -1.42. The van der Waals surface area contributed by atoms with Gasteiger partial charge in [0.1, 0.15) is 24.0 Å². The minimum absolute atomic E-state index is 0.0885. The molecule has 18 heteroatoms. The van der Waals surface area contributed by atoms with E-state index in [1.165, 1.54) is 60.4 Å². The van der Waals surface area contributed by atoms with Crippen molar-refractivity contribution < 1.29 is 38.5 Å². The molecule has 0 aliphatic carbocycles. The van der Waals surface area contributed by atoms with Crippen LogP contribution in [0.3, 0.4) is 0 Å². The number of carbonyl (C=O) groups excluding carboxylic acids is 4. The van der Waals surface area contributed by atoms with E-state index < -0.39 is 37.6 Å². The van der Waals surface area contributed by atoms with E-state index in [0.29, 0.717) is 37.2 Å². The van der Waals surface area contributed by atoms with E-state index in [2.05, 4.69) is 28.6 Å². The maximum atomic E-state index is 13.8. The smallest absolute Gasteiger partial charge is 0.408 e. The Hall–Kier alpha value is -4.26. The molecule has 0 spiro atoms. The number of benzene rings is 2. The summed E-state index contributed by atoms with van der Waals surface area (Å²) in [5.41, 5.74) is 0.632. The van der Waals surface area contributed by atoms with Crippen molar-refractivity contribution >= 4 is 59.5 Å². The van der Waals surface area contributed by atoms with Crippen molar-refractivity contribution in [2.75, 3.05) is 38.5 Å². The standard InChI is InChI=1S/C29H34N6O10S2/c1-19(36)29(18-31-12-13-33(29)26(38)28(46)10-11-30-17-28)47-16-24(25(37)44-14-20-2-6-22(7-3-20)34(40)41)32-27(39)45-15-21-4-8-23(9-5-21)35(42)43/h2-9,24,30-31,46H,10-18H2,1H3,(H,32,39)/t24-,28?,29?/m1/s1. The first kappa shape index (κ1) is 35.6. The largest absolute Gasteiger partial charge is 0.459 e. The Morgan fingerprint density at radius 3 is 2.00 bits per heavy atom. The molecule has 2 amide bonds. The number of hydrogen-bond acceptors (Lipinski definition) is 14. The van der Waals surface area contributed by atoms with Gasteiger partial charge in [-0.1, -0.05) is 0 Å². The van der Waals surface area contributed by atoms with E-state index in [1.54, 1.807) is 0 Å². The maximum Gasteiger partial charge on any atom is 0.408 e. The van der Waals surface area contributed by atoms with Gasteiger partial charge in [0.2, 0.25) is 5.91 Å². The third-order valence-electron chi connectivity index (χ3n) is 7.75. The summed E-state index contributed by atoms with van der Waals surface area (Å²) >= 11 is 5.65. The number of thiol groups is 1. The summed E-state index contributed by atoms with van der Waals surface area (Å²) in [5.74, 6) is -1.74. The van der Waals surface area contributed by atoms with E-state index in [9.17, 15) is 39.4 Å². The number of nitro benzene ring substituents is 2. The fourth-order valence-corrected chi connectivity index (χ4v) is 6.80. The summed E-state index contributed by atoms with van der Waals surface area (Å²) in [6.45, 7) is 2.49. The lowest BCUT2D eigenvalue weighted by atomic mass is 10.0. The van der Waals surface area contributed by atoms with Crippen LogP contribution >= 0.6 is 24.4 Å². The molecule has 16 nitrogen and oxygen atoms in total. The molecule has 0 radical (unpaired) electrons. The molecule has 3 N–H and O–H groups in total. The van der Waals surface area contributed by atoms with Gasteiger partial charge in [0.25, 0.3) is 11.4 Å². The summed E-state index contributed by atoms with van der Waals surface area (Å²) in [6.07, 6.45) is -0.531.